The molecule has 1 aromatic rings. The number of nitrogens with zero attached hydrogens (tertiary/aromatic N) is 2. The number of rotatable bonds is 3. The lowest BCUT2D eigenvalue weighted by atomic mass is 10.2. The van der Waals surface area contributed by atoms with Crippen LogP contribution in [0.1, 0.15) is 12.1 Å². The maximum absolute atomic E-state index is 11.9. The van der Waals surface area contributed by atoms with Crippen molar-refractivity contribution in [2.24, 2.45) is 5.92 Å². The third-order valence-corrected chi connectivity index (χ3v) is 3.90. The van der Waals surface area contributed by atoms with Crippen LogP contribution >= 0.6 is 0 Å². The van der Waals surface area contributed by atoms with E-state index in [9.17, 15) is 4.21 Å². The Hall–Kier alpha value is -0.810. The van der Waals surface area contributed by atoms with Crippen molar-refractivity contribution in [3.05, 3.63) is 18.0 Å². The van der Waals surface area contributed by atoms with Crippen molar-refractivity contribution in [2.75, 3.05) is 18.8 Å². The number of hydrogen-bond donors (Lipinski definition) is 1. The fourth-order valence-corrected chi connectivity index (χ4v) is 2.97. The van der Waals surface area contributed by atoms with Gasteiger partial charge in [-0.2, -0.15) is 0 Å². The van der Waals surface area contributed by atoms with Crippen LogP contribution in [0.3, 0.4) is 0 Å². The molecule has 0 saturated carbocycles. The van der Waals surface area contributed by atoms with Crippen LogP contribution in [-0.4, -0.2) is 33.0 Å². The summed E-state index contributed by atoms with van der Waals surface area (Å²) < 4.78 is 11.9. The van der Waals surface area contributed by atoms with Gasteiger partial charge in [0.2, 0.25) is 5.16 Å². The minimum atomic E-state index is -1.05. The maximum atomic E-state index is 11.9. The van der Waals surface area contributed by atoms with Crippen LogP contribution < -0.4 is 5.32 Å². The van der Waals surface area contributed by atoms with E-state index in [1.165, 1.54) is 0 Å². The highest BCUT2D eigenvalue weighted by atomic mass is 32.2. The Kier molecular flexibility index (Phi) is 3.43. The molecule has 1 saturated heterocycles. The van der Waals surface area contributed by atoms with Gasteiger partial charge in [0.15, 0.2) is 0 Å². The van der Waals surface area contributed by atoms with Gasteiger partial charge in [-0.25, -0.2) is 9.97 Å². The Morgan fingerprint density at radius 1 is 1.67 bits per heavy atom. The zero-order chi connectivity index (χ0) is 10.7. The highest BCUT2D eigenvalue weighted by Gasteiger charge is 2.19. The van der Waals surface area contributed by atoms with Gasteiger partial charge in [-0.1, -0.05) is 0 Å². The van der Waals surface area contributed by atoms with Crippen molar-refractivity contribution in [3.63, 3.8) is 0 Å². The third-order valence-electron chi connectivity index (χ3n) is 2.53. The molecule has 1 aliphatic rings. The Labute approximate surface area is 92.0 Å². The summed E-state index contributed by atoms with van der Waals surface area (Å²) in [6, 6.07) is 1.82. The van der Waals surface area contributed by atoms with Crippen molar-refractivity contribution in [1.82, 2.24) is 15.3 Å². The van der Waals surface area contributed by atoms with Crippen molar-refractivity contribution in [1.29, 1.82) is 0 Å². The fraction of sp³-hybridized carbons (Fsp3) is 0.600. The number of aryl methyl sites for hydroxylation is 1. The molecule has 0 unspecified atom stereocenters. The molecular weight excluding hydrogens is 210 g/mol. The van der Waals surface area contributed by atoms with E-state index in [0.29, 0.717) is 16.8 Å². The average molecular weight is 225 g/mol. The largest absolute Gasteiger partial charge is 0.316 e. The Morgan fingerprint density at radius 3 is 3.20 bits per heavy atom. The first kappa shape index (κ1) is 10.7. The molecule has 2 heterocycles. The van der Waals surface area contributed by atoms with Crippen LogP contribution in [0.2, 0.25) is 0 Å². The van der Waals surface area contributed by atoms with Crippen LogP contribution in [-0.2, 0) is 10.8 Å². The lowest BCUT2D eigenvalue weighted by molar-refractivity contribution is 0.627. The minimum Gasteiger partial charge on any atom is -0.316 e. The SMILES string of the molecule is Cc1ccnc([S@@](=O)C[C@@H]2CCNC2)n1. The first-order chi connectivity index (χ1) is 7.25. The number of nitrogens with one attached hydrogen (secondary N) is 1. The van der Waals surface area contributed by atoms with Crippen molar-refractivity contribution >= 4 is 10.8 Å². The maximum Gasteiger partial charge on any atom is 0.218 e. The first-order valence-electron chi connectivity index (χ1n) is 5.14. The average Bonchev–Trinajstić information content (AvgIpc) is 2.70. The summed E-state index contributed by atoms with van der Waals surface area (Å²) >= 11 is 0. The van der Waals surface area contributed by atoms with E-state index in [1.807, 2.05) is 13.0 Å². The normalized spacial score (nSPS) is 22.9. The number of hydrogen-bond acceptors (Lipinski definition) is 4. The molecule has 0 amide bonds. The lowest BCUT2D eigenvalue weighted by Gasteiger charge is -2.06. The van der Waals surface area contributed by atoms with Gasteiger partial charge in [0.25, 0.3) is 0 Å². The molecule has 0 aliphatic carbocycles. The summed E-state index contributed by atoms with van der Waals surface area (Å²) in [5.41, 5.74) is 0.873. The van der Waals surface area contributed by atoms with E-state index in [2.05, 4.69) is 15.3 Å². The van der Waals surface area contributed by atoms with E-state index in [0.717, 1.165) is 25.2 Å². The molecule has 4 nitrogen and oxygen atoms in total. The third kappa shape index (κ3) is 2.82. The van der Waals surface area contributed by atoms with Crippen LogP contribution in [0.25, 0.3) is 0 Å². The molecule has 1 fully saturated rings. The highest BCUT2D eigenvalue weighted by molar-refractivity contribution is 7.84. The van der Waals surface area contributed by atoms with Gasteiger partial charge in [-0.3, -0.25) is 4.21 Å². The van der Waals surface area contributed by atoms with Crippen molar-refractivity contribution in [2.45, 2.75) is 18.5 Å². The molecule has 1 aromatic heterocycles. The zero-order valence-corrected chi connectivity index (χ0v) is 9.59. The van der Waals surface area contributed by atoms with Crippen LogP contribution in [0.5, 0.6) is 0 Å². The summed E-state index contributed by atoms with van der Waals surface area (Å²) in [5, 5.41) is 3.74. The zero-order valence-electron chi connectivity index (χ0n) is 8.77. The molecular formula is C10H15N3OS. The van der Waals surface area contributed by atoms with E-state index < -0.39 is 10.8 Å². The molecule has 0 aromatic carbocycles. The van der Waals surface area contributed by atoms with Gasteiger partial charge >= 0.3 is 0 Å². The number of aromatic nitrogens is 2. The Morgan fingerprint density at radius 2 is 2.53 bits per heavy atom. The molecule has 0 spiro atoms. The highest BCUT2D eigenvalue weighted by Crippen LogP contribution is 2.12. The first-order valence-corrected chi connectivity index (χ1v) is 6.46. The van der Waals surface area contributed by atoms with Gasteiger partial charge < -0.3 is 5.32 Å². The summed E-state index contributed by atoms with van der Waals surface area (Å²) in [5.74, 6) is 1.19. The van der Waals surface area contributed by atoms with E-state index >= 15 is 0 Å². The Bertz CT molecular complexity index is 363. The molecule has 15 heavy (non-hydrogen) atoms. The molecule has 1 aliphatic heterocycles. The molecule has 0 bridgehead atoms. The smallest absolute Gasteiger partial charge is 0.218 e. The van der Waals surface area contributed by atoms with Crippen LogP contribution in [0.15, 0.2) is 17.4 Å². The molecule has 5 heteroatoms. The van der Waals surface area contributed by atoms with E-state index in [-0.39, 0.29) is 0 Å². The Balaban J connectivity index is 2.01. The summed E-state index contributed by atoms with van der Waals surface area (Å²) in [4.78, 5) is 8.23. The standard InChI is InChI=1S/C10H15N3OS/c1-8-2-5-12-10(13-8)15(14)7-9-3-4-11-6-9/h2,5,9,11H,3-4,6-7H2,1H3/t9-,15+/m1/s1. The monoisotopic (exact) mass is 225 g/mol. The van der Waals surface area contributed by atoms with Gasteiger partial charge in [0.05, 0.1) is 10.8 Å². The molecule has 82 valence electrons. The second kappa shape index (κ2) is 4.81. The van der Waals surface area contributed by atoms with E-state index in [1.54, 1.807) is 6.20 Å². The summed E-state index contributed by atoms with van der Waals surface area (Å²) in [6.45, 7) is 3.90. The lowest BCUT2D eigenvalue weighted by Crippen LogP contribution is -2.16. The van der Waals surface area contributed by atoms with Crippen molar-refractivity contribution < 1.29 is 4.21 Å². The van der Waals surface area contributed by atoms with Crippen LogP contribution in [0.4, 0.5) is 0 Å². The van der Waals surface area contributed by atoms with Gasteiger partial charge in [-0.05, 0) is 38.4 Å². The topological polar surface area (TPSA) is 54.9 Å². The fourth-order valence-electron chi connectivity index (χ4n) is 1.68. The van der Waals surface area contributed by atoms with Gasteiger partial charge in [0, 0.05) is 17.6 Å². The predicted molar refractivity (Wildman–Crippen MR) is 59.0 cm³/mol. The second-order valence-corrected chi connectivity index (χ2v) is 5.24. The van der Waals surface area contributed by atoms with Gasteiger partial charge in [-0.15, -0.1) is 0 Å². The quantitative estimate of drug-likeness (QED) is 0.761. The minimum absolute atomic E-state index is 0.474. The molecule has 2 rings (SSSR count). The second-order valence-electron chi connectivity index (χ2n) is 3.85. The molecule has 0 radical (unpaired) electrons. The molecule has 2 atom stereocenters. The van der Waals surface area contributed by atoms with Gasteiger partial charge in [0.1, 0.15) is 0 Å². The predicted octanol–water partition coefficient (Wildman–Crippen LogP) is 0.502. The van der Waals surface area contributed by atoms with Crippen molar-refractivity contribution in [3.8, 4) is 0 Å². The van der Waals surface area contributed by atoms with Crippen LogP contribution in [0, 0.1) is 12.8 Å². The summed E-state index contributed by atoms with van der Waals surface area (Å²) in [6.07, 6.45) is 2.78. The molecule has 1 N–H and O–H groups in total. The summed E-state index contributed by atoms with van der Waals surface area (Å²) in [7, 11) is -1.05. The van der Waals surface area contributed by atoms with E-state index in [4.69, 9.17) is 0 Å².